The second kappa shape index (κ2) is 17.2. The predicted octanol–water partition coefficient (Wildman–Crippen LogP) is 4.59. The van der Waals surface area contributed by atoms with Gasteiger partial charge in [-0.2, -0.15) is 0 Å². The highest BCUT2D eigenvalue weighted by molar-refractivity contribution is 6.32. The van der Waals surface area contributed by atoms with Gasteiger partial charge in [0.15, 0.2) is 0 Å². The van der Waals surface area contributed by atoms with Gasteiger partial charge >= 0.3 is 0 Å². The highest BCUT2D eigenvalue weighted by Gasteiger charge is 2.53. The summed E-state index contributed by atoms with van der Waals surface area (Å²) < 4.78 is 5.10. The van der Waals surface area contributed by atoms with Gasteiger partial charge in [0.1, 0.15) is 18.0 Å². The average molecular weight is 505 g/mol. The summed E-state index contributed by atoms with van der Waals surface area (Å²) in [7, 11) is 1.52. The molecule has 0 bridgehead atoms. The van der Waals surface area contributed by atoms with Gasteiger partial charge in [-0.25, -0.2) is 0 Å². The molecule has 0 heterocycles. The molecule has 0 aromatic heterocycles. The summed E-state index contributed by atoms with van der Waals surface area (Å²) in [5.41, 5.74) is -2.56. The molecule has 7 nitrogen and oxygen atoms in total. The van der Waals surface area contributed by atoms with Crippen LogP contribution in [0.4, 0.5) is 0 Å². The fraction of sp³-hybridized carbons (Fsp3) is 0.621. The molecular formula is C29H44O7. The number of Topliss-reactive ketones (excluding diaryl/α,β-unsaturated/α-hetero) is 2. The molecule has 3 N–H and O–H groups in total. The summed E-state index contributed by atoms with van der Waals surface area (Å²) in [6.07, 6.45) is 7.65. The van der Waals surface area contributed by atoms with E-state index < -0.39 is 35.2 Å². The van der Waals surface area contributed by atoms with Crippen molar-refractivity contribution in [1.82, 2.24) is 0 Å². The van der Waals surface area contributed by atoms with E-state index in [1.807, 2.05) is 0 Å². The third-order valence-electron chi connectivity index (χ3n) is 6.38. The number of carbonyl (C=O) groups excluding carboxylic acids is 3. The molecular weight excluding hydrogens is 460 g/mol. The quantitative estimate of drug-likeness (QED) is 0.135. The van der Waals surface area contributed by atoms with E-state index in [0.717, 1.165) is 57.4 Å². The third-order valence-corrected chi connectivity index (χ3v) is 6.38. The molecule has 0 saturated carbocycles. The van der Waals surface area contributed by atoms with Gasteiger partial charge in [-0.15, -0.1) is 0 Å². The first-order valence-corrected chi connectivity index (χ1v) is 13.3. The van der Waals surface area contributed by atoms with Crippen LogP contribution in [0.1, 0.15) is 96.5 Å². The second-order valence-corrected chi connectivity index (χ2v) is 9.35. The Balaban J connectivity index is 3.04. The molecule has 2 atom stereocenters. The average Bonchev–Trinajstić information content (AvgIpc) is 2.90. The van der Waals surface area contributed by atoms with Gasteiger partial charge in [-0.1, -0.05) is 96.3 Å². The van der Waals surface area contributed by atoms with Crippen molar-refractivity contribution < 1.29 is 34.4 Å². The molecule has 0 aliphatic carbocycles. The van der Waals surface area contributed by atoms with Gasteiger partial charge in [0.05, 0.1) is 7.11 Å². The summed E-state index contributed by atoms with van der Waals surface area (Å²) in [6, 6.07) is 6.69. The van der Waals surface area contributed by atoms with Crippen molar-refractivity contribution in [3.63, 3.8) is 0 Å². The van der Waals surface area contributed by atoms with E-state index in [0.29, 0.717) is 24.2 Å². The van der Waals surface area contributed by atoms with E-state index in [-0.39, 0.29) is 12.8 Å². The van der Waals surface area contributed by atoms with Crippen molar-refractivity contribution >= 4 is 23.4 Å². The number of carbonyl (C=O) groups is 3. The Bertz CT molecular complexity index is 797. The molecule has 202 valence electrons. The summed E-state index contributed by atoms with van der Waals surface area (Å²) in [5, 5.41) is 32.1. The van der Waals surface area contributed by atoms with Crippen LogP contribution >= 0.6 is 0 Å². The minimum absolute atomic E-state index is 0.0285. The van der Waals surface area contributed by atoms with E-state index in [2.05, 4.69) is 13.8 Å². The zero-order valence-electron chi connectivity index (χ0n) is 22.1. The lowest BCUT2D eigenvalue weighted by Crippen LogP contribution is -2.59. The molecule has 2 unspecified atom stereocenters. The fourth-order valence-electron chi connectivity index (χ4n) is 4.00. The molecule has 1 aromatic carbocycles. The van der Waals surface area contributed by atoms with Crippen molar-refractivity contribution in [2.75, 3.05) is 7.11 Å². The predicted molar refractivity (Wildman–Crippen MR) is 141 cm³/mol. The summed E-state index contributed by atoms with van der Waals surface area (Å²) in [5.74, 6) is -3.12. The van der Waals surface area contributed by atoms with Crippen molar-refractivity contribution in [2.24, 2.45) is 0 Å². The Morgan fingerprint density at radius 3 is 1.67 bits per heavy atom. The van der Waals surface area contributed by atoms with E-state index in [1.54, 1.807) is 24.3 Å². The molecule has 0 saturated heterocycles. The van der Waals surface area contributed by atoms with E-state index in [1.165, 1.54) is 13.2 Å². The summed E-state index contributed by atoms with van der Waals surface area (Å²) in [4.78, 5) is 39.2. The molecule has 1 aromatic rings. The minimum Gasteiger partial charge on any atom is -0.497 e. The Hall–Kier alpha value is -2.35. The van der Waals surface area contributed by atoms with Crippen LogP contribution in [0.5, 0.6) is 5.75 Å². The Labute approximate surface area is 215 Å². The smallest absolute Gasteiger partial charge is 0.249 e. The largest absolute Gasteiger partial charge is 0.497 e. The highest BCUT2D eigenvalue weighted by Crippen LogP contribution is 2.22. The Kier molecular flexibility index (Phi) is 15.1. The normalized spacial score (nSPS) is 14.8. The number of unbranched alkanes of at least 4 members (excludes halogenated alkanes) is 8. The summed E-state index contributed by atoms with van der Waals surface area (Å²) >= 11 is 0. The number of benzene rings is 1. The highest BCUT2D eigenvalue weighted by atomic mass is 16.5. The molecule has 0 spiro atoms. The van der Waals surface area contributed by atoms with Crippen molar-refractivity contribution in [2.45, 2.75) is 109 Å². The lowest BCUT2D eigenvalue weighted by atomic mass is 9.81. The monoisotopic (exact) mass is 504 g/mol. The second-order valence-electron chi connectivity index (χ2n) is 9.35. The van der Waals surface area contributed by atoms with Gasteiger partial charge in [0, 0.05) is 0 Å². The van der Waals surface area contributed by atoms with Crippen molar-refractivity contribution in [1.29, 1.82) is 0 Å². The van der Waals surface area contributed by atoms with Crippen LogP contribution in [-0.4, -0.2) is 57.6 Å². The van der Waals surface area contributed by atoms with Crippen molar-refractivity contribution in [3.05, 3.63) is 35.9 Å². The molecule has 7 heteroatoms. The van der Waals surface area contributed by atoms with Gasteiger partial charge in [0.25, 0.3) is 0 Å². The van der Waals surface area contributed by atoms with Crippen LogP contribution in [0.3, 0.4) is 0 Å². The maximum Gasteiger partial charge on any atom is 0.249 e. The zero-order valence-corrected chi connectivity index (χ0v) is 22.1. The lowest BCUT2D eigenvalue weighted by Gasteiger charge is -2.27. The number of hydrogen-bond donors (Lipinski definition) is 3. The SMILES string of the molecule is CCCCCCCC(O)C(=O)C(O)(C(=O)C=Cc1ccc(OC)cc1)C(=O)C(O)CCCCCCC. The number of aliphatic hydroxyl groups excluding tert-OH is 2. The van der Waals surface area contributed by atoms with E-state index in [4.69, 9.17) is 4.74 Å². The molecule has 1 rings (SSSR count). The minimum atomic E-state index is -3.14. The third kappa shape index (κ3) is 9.96. The zero-order chi connectivity index (χ0) is 27.0. The van der Waals surface area contributed by atoms with Crippen LogP contribution in [0.25, 0.3) is 6.08 Å². The van der Waals surface area contributed by atoms with Crippen molar-refractivity contribution in [3.8, 4) is 5.75 Å². The number of aliphatic hydroxyl groups is 3. The number of ether oxygens (including phenoxy) is 1. The maximum atomic E-state index is 13.1. The Morgan fingerprint density at radius 2 is 1.25 bits per heavy atom. The molecule has 0 aliphatic heterocycles. The van der Waals surface area contributed by atoms with Crippen LogP contribution in [0.15, 0.2) is 30.3 Å². The first kappa shape index (κ1) is 31.7. The van der Waals surface area contributed by atoms with Gasteiger partial charge in [-0.05, 0) is 36.6 Å². The Morgan fingerprint density at radius 1 is 0.806 bits per heavy atom. The summed E-state index contributed by atoms with van der Waals surface area (Å²) in [6.45, 7) is 4.15. The molecule has 36 heavy (non-hydrogen) atoms. The first-order chi connectivity index (χ1) is 17.2. The van der Waals surface area contributed by atoms with Crippen LogP contribution in [0, 0.1) is 0 Å². The topological polar surface area (TPSA) is 121 Å². The van der Waals surface area contributed by atoms with Gasteiger partial charge in [0.2, 0.25) is 23.0 Å². The fourth-order valence-corrected chi connectivity index (χ4v) is 4.00. The van der Waals surface area contributed by atoms with Gasteiger partial charge in [-0.3, -0.25) is 14.4 Å². The molecule has 0 amide bonds. The number of ketones is 3. The number of rotatable bonds is 20. The van der Waals surface area contributed by atoms with Crippen LogP contribution in [0.2, 0.25) is 0 Å². The molecule has 0 radical (unpaired) electrons. The van der Waals surface area contributed by atoms with E-state index >= 15 is 0 Å². The number of methoxy groups -OCH3 is 1. The molecule has 0 fully saturated rings. The number of hydrogen-bond acceptors (Lipinski definition) is 7. The standard InChI is InChI=1S/C29H44O7/c1-4-6-8-10-12-14-24(30)27(33)29(35,28(34)25(31)15-13-11-9-7-5-2)26(32)21-18-22-16-19-23(36-3)20-17-22/h16-21,24-25,30-31,35H,4-15H2,1-3H3. The molecule has 0 aliphatic rings. The van der Waals surface area contributed by atoms with Crippen LogP contribution in [-0.2, 0) is 14.4 Å². The van der Waals surface area contributed by atoms with Crippen LogP contribution < -0.4 is 4.74 Å². The first-order valence-electron chi connectivity index (χ1n) is 13.3. The maximum absolute atomic E-state index is 13.1. The van der Waals surface area contributed by atoms with E-state index in [9.17, 15) is 29.7 Å². The lowest BCUT2D eigenvalue weighted by molar-refractivity contribution is -0.165. The van der Waals surface area contributed by atoms with Gasteiger partial charge < -0.3 is 20.1 Å².